The zero-order valence-electron chi connectivity index (χ0n) is 11.9. The average molecular weight is 289 g/mol. The molecule has 2 rings (SSSR count). The zero-order chi connectivity index (χ0) is 15.2. The third-order valence-electron chi connectivity index (χ3n) is 3.45. The molecule has 0 aromatic heterocycles. The molecule has 1 aromatic carbocycles. The molecule has 1 aromatic rings. The van der Waals surface area contributed by atoms with Crippen LogP contribution in [-0.4, -0.2) is 29.6 Å². The van der Waals surface area contributed by atoms with Crippen molar-refractivity contribution in [2.24, 2.45) is 5.92 Å². The highest BCUT2D eigenvalue weighted by molar-refractivity contribution is 5.79. The van der Waals surface area contributed by atoms with E-state index in [9.17, 15) is 9.59 Å². The van der Waals surface area contributed by atoms with E-state index in [1.165, 1.54) is 5.56 Å². The predicted molar refractivity (Wildman–Crippen MR) is 78.1 cm³/mol. The average Bonchev–Trinajstić information content (AvgIpc) is 2.94. The van der Waals surface area contributed by atoms with Crippen molar-refractivity contribution in [2.45, 2.75) is 25.8 Å². The number of carboxylic acids is 1. The number of carbonyl (C=O) groups excluding carboxylic acids is 1. The first kappa shape index (κ1) is 15.1. The van der Waals surface area contributed by atoms with Crippen LogP contribution in [0.15, 0.2) is 36.4 Å². The minimum atomic E-state index is -0.865. The first-order valence-corrected chi connectivity index (χ1v) is 7.00. The molecule has 0 spiro atoms. The molecular weight excluding hydrogens is 270 g/mol. The monoisotopic (exact) mass is 289 g/mol. The largest absolute Gasteiger partial charge is 0.484 e. The van der Waals surface area contributed by atoms with Crippen molar-refractivity contribution in [3.05, 3.63) is 42.0 Å². The summed E-state index contributed by atoms with van der Waals surface area (Å²) in [6.45, 7) is 2.00. The molecular formula is C16H19NO4. The summed E-state index contributed by atoms with van der Waals surface area (Å²) in [7, 11) is 0. The van der Waals surface area contributed by atoms with Crippen LogP contribution < -0.4 is 10.1 Å². The van der Waals surface area contributed by atoms with Gasteiger partial charge in [0, 0.05) is 6.04 Å². The van der Waals surface area contributed by atoms with Gasteiger partial charge in [-0.2, -0.15) is 0 Å². The molecule has 0 heterocycles. The highest BCUT2D eigenvalue weighted by Crippen LogP contribution is 2.18. The fourth-order valence-corrected chi connectivity index (χ4v) is 2.21. The van der Waals surface area contributed by atoms with E-state index in [-0.39, 0.29) is 18.6 Å². The number of hydrogen-bond acceptors (Lipinski definition) is 3. The van der Waals surface area contributed by atoms with E-state index in [1.54, 1.807) is 12.2 Å². The standard InChI is InChI=1S/C16H19NO4/c1-2-11-3-7-14(8-4-11)21-10-15(18)17-13-6-5-12(9-13)16(19)20/h3-8,12-13H,2,9-10H2,1H3,(H,17,18)(H,19,20). The van der Waals surface area contributed by atoms with Gasteiger partial charge in [0.05, 0.1) is 5.92 Å². The van der Waals surface area contributed by atoms with E-state index in [4.69, 9.17) is 9.84 Å². The Labute approximate surface area is 123 Å². The molecule has 2 atom stereocenters. The highest BCUT2D eigenvalue weighted by atomic mass is 16.5. The number of carbonyl (C=O) groups is 2. The topological polar surface area (TPSA) is 75.6 Å². The van der Waals surface area contributed by atoms with Gasteiger partial charge in [-0.15, -0.1) is 0 Å². The van der Waals surface area contributed by atoms with Gasteiger partial charge in [0.1, 0.15) is 5.75 Å². The molecule has 1 amide bonds. The van der Waals surface area contributed by atoms with Gasteiger partial charge in [0.15, 0.2) is 6.61 Å². The molecule has 1 aliphatic rings. The maximum absolute atomic E-state index is 11.8. The number of benzene rings is 1. The van der Waals surface area contributed by atoms with Crippen molar-refractivity contribution in [1.82, 2.24) is 5.32 Å². The molecule has 112 valence electrons. The molecule has 1 aliphatic carbocycles. The summed E-state index contributed by atoms with van der Waals surface area (Å²) in [6, 6.07) is 7.36. The Morgan fingerprint density at radius 3 is 2.57 bits per heavy atom. The van der Waals surface area contributed by atoms with Crippen molar-refractivity contribution < 1.29 is 19.4 Å². The molecule has 21 heavy (non-hydrogen) atoms. The normalized spacial score (nSPS) is 20.2. The van der Waals surface area contributed by atoms with Crippen molar-refractivity contribution in [2.75, 3.05) is 6.61 Å². The Morgan fingerprint density at radius 1 is 1.29 bits per heavy atom. The number of aryl methyl sites for hydroxylation is 1. The molecule has 2 N–H and O–H groups in total. The van der Waals surface area contributed by atoms with E-state index in [1.807, 2.05) is 24.3 Å². The Balaban J connectivity index is 1.75. The first-order chi connectivity index (χ1) is 10.1. The number of amides is 1. The van der Waals surface area contributed by atoms with Crippen molar-refractivity contribution in [1.29, 1.82) is 0 Å². The van der Waals surface area contributed by atoms with Crippen LogP contribution in [0.3, 0.4) is 0 Å². The van der Waals surface area contributed by atoms with E-state index in [0.717, 1.165) is 6.42 Å². The molecule has 0 fully saturated rings. The minimum Gasteiger partial charge on any atom is -0.484 e. The summed E-state index contributed by atoms with van der Waals surface area (Å²) in [5.41, 5.74) is 1.21. The van der Waals surface area contributed by atoms with Gasteiger partial charge in [0.25, 0.3) is 5.91 Å². The lowest BCUT2D eigenvalue weighted by Crippen LogP contribution is -2.36. The molecule has 0 bridgehead atoms. The summed E-state index contributed by atoms with van der Waals surface area (Å²) in [4.78, 5) is 22.6. The molecule has 2 unspecified atom stereocenters. The third kappa shape index (κ3) is 4.34. The summed E-state index contributed by atoms with van der Waals surface area (Å²) in [5.74, 6) is -0.990. The van der Waals surface area contributed by atoms with Crippen LogP contribution in [0.2, 0.25) is 0 Å². The number of rotatable bonds is 6. The lowest BCUT2D eigenvalue weighted by atomic mass is 10.1. The van der Waals surface area contributed by atoms with Crippen LogP contribution >= 0.6 is 0 Å². The summed E-state index contributed by atoms with van der Waals surface area (Å²) in [6.07, 6.45) is 4.68. The number of nitrogens with one attached hydrogen (secondary N) is 1. The second-order valence-electron chi connectivity index (χ2n) is 5.03. The third-order valence-corrected chi connectivity index (χ3v) is 3.45. The van der Waals surface area contributed by atoms with Gasteiger partial charge in [-0.25, -0.2) is 0 Å². The van der Waals surface area contributed by atoms with Crippen LogP contribution in [0, 0.1) is 5.92 Å². The Morgan fingerprint density at radius 2 is 2.00 bits per heavy atom. The zero-order valence-corrected chi connectivity index (χ0v) is 11.9. The van der Waals surface area contributed by atoms with Gasteiger partial charge < -0.3 is 15.2 Å². The Bertz CT molecular complexity index is 536. The van der Waals surface area contributed by atoms with E-state index >= 15 is 0 Å². The summed E-state index contributed by atoms with van der Waals surface area (Å²) >= 11 is 0. The van der Waals surface area contributed by atoms with E-state index in [2.05, 4.69) is 12.2 Å². The van der Waals surface area contributed by atoms with E-state index in [0.29, 0.717) is 12.2 Å². The predicted octanol–water partition coefficient (Wildman–Crippen LogP) is 1.77. The lowest BCUT2D eigenvalue weighted by molar-refractivity contribution is -0.140. The smallest absolute Gasteiger partial charge is 0.310 e. The van der Waals surface area contributed by atoms with Crippen molar-refractivity contribution in [3.8, 4) is 5.75 Å². The molecule has 0 saturated carbocycles. The fourth-order valence-electron chi connectivity index (χ4n) is 2.21. The maximum Gasteiger partial charge on any atom is 0.310 e. The second kappa shape index (κ2) is 6.92. The van der Waals surface area contributed by atoms with Gasteiger partial charge in [-0.05, 0) is 30.5 Å². The molecule has 0 radical (unpaired) electrons. The second-order valence-corrected chi connectivity index (χ2v) is 5.03. The Hall–Kier alpha value is -2.30. The molecule has 5 nitrogen and oxygen atoms in total. The lowest BCUT2D eigenvalue weighted by Gasteiger charge is -2.12. The number of aliphatic carboxylic acids is 1. The minimum absolute atomic E-state index is 0.0758. The van der Waals surface area contributed by atoms with Crippen LogP contribution in [0.5, 0.6) is 5.75 Å². The van der Waals surface area contributed by atoms with Crippen LogP contribution in [0.25, 0.3) is 0 Å². The van der Waals surface area contributed by atoms with Crippen molar-refractivity contribution >= 4 is 11.9 Å². The van der Waals surface area contributed by atoms with Gasteiger partial charge in [-0.3, -0.25) is 9.59 Å². The molecule has 5 heteroatoms. The van der Waals surface area contributed by atoms with Gasteiger partial charge in [0.2, 0.25) is 0 Å². The summed E-state index contributed by atoms with van der Waals surface area (Å²) in [5, 5.41) is 11.6. The summed E-state index contributed by atoms with van der Waals surface area (Å²) < 4.78 is 5.40. The first-order valence-electron chi connectivity index (χ1n) is 7.00. The Kier molecular flexibility index (Phi) is 4.98. The molecule has 0 aliphatic heterocycles. The van der Waals surface area contributed by atoms with Crippen LogP contribution in [0.1, 0.15) is 18.9 Å². The molecule has 0 saturated heterocycles. The van der Waals surface area contributed by atoms with Gasteiger partial charge >= 0.3 is 5.97 Å². The van der Waals surface area contributed by atoms with E-state index < -0.39 is 11.9 Å². The van der Waals surface area contributed by atoms with Crippen LogP contribution in [0.4, 0.5) is 0 Å². The maximum atomic E-state index is 11.8. The fraction of sp³-hybridized carbons (Fsp3) is 0.375. The number of carboxylic acid groups (broad SMARTS) is 1. The highest BCUT2D eigenvalue weighted by Gasteiger charge is 2.25. The number of hydrogen-bond donors (Lipinski definition) is 2. The number of ether oxygens (including phenoxy) is 1. The van der Waals surface area contributed by atoms with Crippen molar-refractivity contribution in [3.63, 3.8) is 0 Å². The SMILES string of the molecule is CCc1ccc(OCC(=O)NC2C=CC(C(=O)O)C2)cc1. The quantitative estimate of drug-likeness (QED) is 0.783. The van der Waals surface area contributed by atoms with Gasteiger partial charge in [-0.1, -0.05) is 31.2 Å². The van der Waals surface area contributed by atoms with Crippen LogP contribution in [-0.2, 0) is 16.0 Å².